The SMILES string of the molecule is CCOc1ccccc1NC(=O)C(=O)N/N=C\c1ccc(Br)cc1. The van der Waals surface area contributed by atoms with E-state index >= 15 is 0 Å². The molecule has 0 aliphatic rings. The number of benzene rings is 2. The Kier molecular flexibility index (Phi) is 6.51. The van der Waals surface area contributed by atoms with E-state index < -0.39 is 11.8 Å². The van der Waals surface area contributed by atoms with Crippen LogP contribution in [0.5, 0.6) is 5.75 Å². The van der Waals surface area contributed by atoms with Crippen LogP contribution in [0.3, 0.4) is 0 Å². The standard InChI is InChI=1S/C17H16BrN3O3/c1-2-24-15-6-4-3-5-14(15)20-16(22)17(23)21-19-11-12-7-9-13(18)10-8-12/h3-11H,2H2,1H3,(H,20,22)(H,21,23)/b19-11-. The molecule has 2 aromatic rings. The fraction of sp³-hybridized carbons (Fsp3) is 0.118. The van der Waals surface area contributed by atoms with E-state index in [9.17, 15) is 9.59 Å². The fourth-order valence-electron chi connectivity index (χ4n) is 1.80. The lowest BCUT2D eigenvalue weighted by atomic mass is 10.2. The summed E-state index contributed by atoms with van der Waals surface area (Å²) in [5.74, 6) is -1.19. The molecule has 0 saturated heterocycles. The largest absolute Gasteiger partial charge is 0.492 e. The summed E-state index contributed by atoms with van der Waals surface area (Å²) in [7, 11) is 0. The lowest BCUT2D eigenvalue weighted by Gasteiger charge is -2.10. The van der Waals surface area contributed by atoms with Gasteiger partial charge in [-0.3, -0.25) is 9.59 Å². The van der Waals surface area contributed by atoms with Crippen molar-refractivity contribution in [1.82, 2.24) is 5.43 Å². The number of anilines is 1. The van der Waals surface area contributed by atoms with Gasteiger partial charge in [0.2, 0.25) is 0 Å². The van der Waals surface area contributed by atoms with Gasteiger partial charge in [-0.05, 0) is 36.8 Å². The Morgan fingerprint density at radius 3 is 2.54 bits per heavy atom. The zero-order valence-corrected chi connectivity index (χ0v) is 14.5. The topological polar surface area (TPSA) is 79.8 Å². The Bertz CT molecular complexity index is 745. The second-order valence-corrected chi connectivity index (χ2v) is 5.55. The first-order valence-corrected chi connectivity index (χ1v) is 8.01. The lowest BCUT2D eigenvalue weighted by Crippen LogP contribution is -2.32. The number of hydrogen-bond acceptors (Lipinski definition) is 4. The summed E-state index contributed by atoms with van der Waals surface area (Å²) in [4.78, 5) is 23.7. The van der Waals surface area contributed by atoms with Crippen molar-refractivity contribution >= 4 is 39.6 Å². The van der Waals surface area contributed by atoms with Crippen LogP contribution in [0.15, 0.2) is 58.1 Å². The van der Waals surface area contributed by atoms with E-state index in [1.54, 1.807) is 24.3 Å². The summed E-state index contributed by atoms with van der Waals surface area (Å²) in [5, 5.41) is 6.26. The van der Waals surface area contributed by atoms with E-state index in [0.29, 0.717) is 18.0 Å². The van der Waals surface area contributed by atoms with Crippen LogP contribution in [-0.2, 0) is 9.59 Å². The van der Waals surface area contributed by atoms with Gasteiger partial charge < -0.3 is 10.1 Å². The second kappa shape index (κ2) is 8.83. The normalized spacial score (nSPS) is 10.4. The van der Waals surface area contributed by atoms with E-state index in [1.165, 1.54) is 6.21 Å². The van der Waals surface area contributed by atoms with Crippen LogP contribution < -0.4 is 15.5 Å². The Hall–Kier alpha value is -2.67. The Balaban J connectivity index is 1.93. The summed E-state index contributed by atoms with van der Waals surface area (Å²) in [6, 6.07) is 14.2. The molecule has 6 nitrogen and oxygen atoms in total. The average molecular weight is 390 g/mol. The molecule has 0 saturated carbocycles. The highest BCUT2D eigenvalue weighted by atomic mass is 79.9. The van der Waals surface area contributed by atoms with Gasteiger partial charge in [-0.2, -0.15) is 5.10 Å². The summed E-state index contributed by atoms with van der Waals surface area (Å²) in [6.45, 7) is 2.29. The van der Waals surface area contributed by atoms with Crippen molar-refractivity contribution in [2.24, 2.45) is 5.10 Å². The van der Waals surface area contributed by atoms with Gasteiger partial charge in [0.05, 0.1) is 18.5 Å². The maximum Gasteiger partial charge on any atom is 0.329 e. The van der Waals surface area contributed by atoms with Crippen molar-refractivity contribution in [3.63, 3.8) is 0 Å². The summed E-state index contributed by atoms with van der Waals surface area (Å²) < 4.78 is 6.33. The van der Waals surface area contributed by atoms with Crippen LogP contribution in [0, 0.1) is 0 Å². The third kappa shape index (κ3) is 5.20. The first kappa shape index (κ1) is 17.7. The van der Waals surface area contributed by atoms with Gasteiger partial charge in [0.25, 0.3) is 0 Å². The molecule has 0 aliphatic carbocycles. The molecule has 0 unspecified atom stereocenters. The molecule has 0 spiro atoms. The van der Waals surface area contributed by atoms with Crippen LogP contribution >= 0.6 is 15.9 Å². The molecule has 2 amide bonds. The van der Waals surface area contributed by atoms with Crippen LogP contribution in [-0.4, -0.2) is 24.6 Å². The molecule has 0 atom stereocenters. The average Bonchev–Trinajstić information content (AvgIpc) is 2.58. The zero-order chi connectivity index (χ0) is 17.4. The molecule has 0 bridgehead atoms. The number of para-hydroxylation sites is 2. The van der Waals surface area contributed by atoms with Crippen molar-refractivity contribution < 1.29 is 14.3 Å². The van der Waals surface area contributed by atoms with Gasteiger partial charge in [-0.15, -0.1) is 0 Å². The van der Waals surface area contributed by atoms with Gasteiger partial charge in [-0.25, -0.2) is 5.43 Å². The second-order valence-electron chi connectivity index (χ2n) is 4.63. The quantitative estimate of drug-likeness (QED) is 0.468. The summed E-state index contributed by atoms with van der Waals surface area (Å²) in [6.07, 6.45) is 1.45. The fourth-order valence-corrected chi connectivity index (χ4v) is 2.06. The smallest absolute Gasteiger partial charge is 0.329 e. The van der Waals surface area contributed by atoms with E-state index in [0.717, 1.165) is 10.0 Å². The molecule has 0 heterocycles. The van der Waals surface area contributed by atoms with Crippen molar-refractivity contribution in [3.05, 3.63) is 58.6 Å². The van der Waals surface area contributed by atoms with Gasteiger partial charge in [-0.1, -0.05) is 40.2 Å². The molecule has 0 radical (unpaired) electrons. The first-order chi connectivity index (χ1) is 11.6. The van der Waals surface area contributed by atoms with Gasteiger partial charge in [0.1, 0.15) is 5.75 Å². The zero-order valence-electron chi connectivity index (χ0n) is 13.0. The lowest BCUT2D eigenvalue weighted by molar-refractivity contribution is -0.136. The third-order valence-corrected chi connectivity index (χ3v) is 3.42. The van der Waals surface area contributed by atoms with E-state index in [-0.39, 0.29) is 0 Å². The molecule has 124 valence electrons. The molecule has 0 fully saturated rings. The molecule has 2 aromatic carbocycles. The number of carbonyl (C=O) groups is 2. The summed E-state index contributed by atoms with van der Waals surface area (Å²) >= 11 is 3.33. The molecule has 0 aromatic heterocycles. The molecule has 24 heavy (non-hydrogen) atoms. The Morgan fingerprint density at radius 2 is 1.83 bits per heavy atom. The minimum Gasteiger partial charge on any atom is -0.492 e. The van der Waals surface area contributed by atoms with Gasteiger partial charge in [0, 0.05) is 4.47 Å². The van der Waals surface area contributed by atoms with Crippen molar-refractivity contribution in [2.45, 2.75) is 6.92 Å². The number of hydrogen-bond donors (Lipinski definition) is 2. The number of nitrogens with zero attached hydrogens (tertiary/aromatic N) is 1. The van der Waals surface area contributed by atoms with Gasteiger partial charge in [0.15, 0.2) is 0 Å². The molecule has 2 rings (SSSR count). The third-order valence-electron chi connectivity index (χ3n) is 2.89. The molecular formula is C17H16BrN3O3. The summed E-state index contributed by atoms with van der Waals surface area (Å²) in [5.41, 5.74) is 3.40. The van der Waals surface area contributed by atoms with Crippen molar-refractivity contribution in [3.8, 4) is 5.75 Å². The first-order valence-electron chi connectivity index (χ1n) is 7.22. The van der Waals surface area contributed by atoms with E-state index in [1.807, 2.05) is 31.2 Å². The molecule has 2 N–H and O–H groups in total. The van der Waals surface area contributed by atoms with Crippen LogP contribution in [0.4, 0.5) is 5.69 Å². The maximum atomic E-state index is 11.9. The maximum absolute atomic E-state index is 11.9. The minimum atomic E-state index is -0.866. The highest BCUT2D eigenvalue weighted by Crippen LogP contribution is 2.23. The number of amides is 2. The van der Waals surface area contributed by atoms with Crippen LogP contribution in [0.1, 0.15) is 12.5 Å². The Morgan fingerprint density at radius 1 is 1.12 bits per heavy atom. The number of halogens is 1. The predicted molar refractivity (Wildman–Crippen MR) is 96.1 cm³/mol. The number of nitrogens with one attached hydrogen (secondary N) is 2. The minimum absolute atomic E-state index is 0.427. The number of ether oxygens (including phenoxy) is 1. The molecule has 7 heteroatoms. The van der Waals surface area contributed by atoms with Gasteiger partial charge >= 0.3 is 11.8 Å². The highest BCUT2D eigenvalue weighted by Gasteiger charge is 2.14. The predicted octanol–water partition coefficient (Wildman–Crippen LogP) is 2.94. The Labute approximate surface area is 148 Å². The highest BCUT2D eigenvalue weighted by molar-refractivity contribution is 9.10. The molecule has 0 aliphatic heterocycles. The number of rotatable bonds is 5. The monoisotopic (exact) mass is 389 g/mol. The number of carbonyl (C=O) groups excluding carboxylic acids is 2. The van der Waals surface area contributed by atoms with Crippen LogP contribution in [0.25, 0.3) is 0 Å². The number of hydrazone groups is 1. The van der Waals surface area contributed by atoms with E-state index in [4.69, 9.17) is 4.74 Å². The van der Waals surface area contributed by atoms with Crippen LogP contribution in [0.2, 0.25) is 0 Å². The molecular weight excluding hydrogens is 374 g/mol. The van der Waals surface area contributed by atoms with E-state index in [2.05, 4.69) is 31.8 Å². The van der Waals surface area contributed by atoms with Crippen molar-refractivity contribution in [2.75, 3.05) is 11.9 Å². The van der Waals surface area contributed by atoms with Crippen molar-refractivity contribution in [1.29, 1.82) is 0 Å².